The molecule has 5 nitrogen and oxygen atoms in total. The van der Waals surface area contributed by atoms with Crippen LogP contribution in [-0.4, -0.2) is 21.6 Å². The van der Waals surface area contributed by atoms with Crippen LogP contribution >= 0.6 is 23.4 Å². The van der Waals surface area contributed by atoms with Crippen LogP contribution in [0.2, 0.25) is 5.02 Å². The van der Waals surface area contributed by atoms with Gasteiger partial charge in [0.2, 0.25) is 5.91 Å². The molecule has 3 aromatic rings. The molecular formula is C18H16ClN3O2S. The van der Waals surface area contributed by atoms with Gasteiger partial charge < -0.3 is 10.3 Å². The molecule has 0 atom stereocenters. The topological polar surface area (TPSA) is 74.8 Å². The van der Waals surface area contributed by atoms with Gasteiger partial charge in [-0.25, -0.2) is 4.98 Å². The van der Waals surface area contributed by atoms with E-state index in [0.29, 0.717) is 26.8 Å². The van der Waals surface area contributed by atoms with E-state index < -0.39 is 0 Å². The fourth-order valence-electron chi connectivity index (χ4n) is 2.52. The first-order chi connectivity index (χ1) is 11.9. The molecule has 0 radical (unpaired) electrons. The van der Waals surface area contributed by atoms with Crippen molar-refractivity contribution in [2.24, 2.45) is 0 Å². The Hall–Kier alpha value is -2.31. The summed E-state index contributed by atoms with van der Waals surface area (Å²) in [5.41, 5.74) is 2.93. The van der Waals surface area contributed by atoms with Gasteiger partial charge in [-0.3, -0.25) is 9.59 Å². The molecule has 0 aliphatic carbocycles. The number of halogens is 1. The third-order valence-corrected chi connectivity index (χ3v) is 4.80. The number of hydrogen-bond acceptors (Lipinski definition) is 4. The number of benzene rings is 2. The van der Waals surface area contributed by atoms with Gasteiger partial charge >= 0.3 is 0 Å². The van der Waals surface area contributed by atoms with E-state index in [2.05, 4.69) is 15.3 Å². The van der Waals surface area contributed by atoms with Crippen LogP contribution in [0.1, 0.15) is 11.1 Å². The minimum absolute atomic E-state index is 0.116. The molecule has 0 saturated carbocycles. The van der Waals surface area contributed by atoms with Gasteiger partial charge in [-0.05, 0) is 43.2 Å². The Kier molecular flexibility index (Phi) is 5.11. The zero-order chi connectivity index (χ0) is 18.0. The second-order valence-corrected chi connectivity index (χ2v) is 7.03. The number of carbonyl (C=O) groups excluding carboxylic acids is 1. The molecular weight excluding hydrogens is 358 g/mol. The Morgan fingerprint density at radius 3 is 2.80 bits per heavy atom. The molecule has 0 fully saturated rings. The summed E-state index contributed by atoms with van der Waals surface area (Å²) in [6, 6.07) is 10.8. The van der Waals surface area contributed by atoms with Crippen molar-refractivity contribution in [2.45, 2.75) is 19.0 Å². The lowest BCUT2D eigenvalue weighted by Gasteiger charge is -2.11. The van der Waals surface area contributed by atoms with Crippen molar-refractivity contribution in [1.29, 1.82) is 0 Å². The smallest absolute Gasteiger partial charge is 0.259 e. The average Bonchev–Trinajstić information content (AvgIpc) is 2.56. The Morgan fingerprint density at radius 2 is 2.04 bits per heavy atom. The molecule has 0 bridgehead atoms. The van der Waals surface area contributed by atoms with Crippen LogP contribution in [0.3, 0.4) is 0 Å². The van der Waals surface area contributed by atoms with Gasteiger partial charge in [0, 0.05) is 0 Å². The Bertz CT molecular complexity index is 994. The van der Waals surface area contributed by atoms with E-state index >= 15 is 0 Å². The van der Waals surface area contributed by atoms with Crippen LogP contribution in [0.4, 0.5) is 5.69 Å². The maximum atomic E-state index is 12.2. The van der Waals surface area contributed by atoms with Crippen LogP contribution in [-0.2, 0) is 4.79 Å². The van der Waals surface area contributed by atoms with E-state index in [1.54, 1.807) is 24.3 Å². The molecule has 1 heterocycles. The number of aryl methyl sites for hydroxylation is 2. The molecule has 0 aliphatic rings. The first-order valence-corrected chi connectivity index (χ1v) is 8.99. The molecule has 0 saturated heterocycles. The summed E-state index contributed by atoms with van der Waals surface area (Å²) in [6.07, 6.45) is 0. The third kappa shape index (κ3) is 4.03. The molecule has 2 aromatic carbocycles. The first-order valence-electron chi connectivity index (χ1n) is 7.62. The fraction of sp³-hybridized carbons (Fsp3) is 0.167. The van der Waals surface area contributed by atoms with Crippen molar-refractivity contribution in [3.63, 3.8) is 0 Å². The molecule has 3 rings (SSSR count). The number of aromatic amines is 1. The van der Waals surface area contributed by atoms with Gasteiger partial charge in [0.1, 0.15) is 0 Å². The highest BCUT2D eigenvalue weighted by atomic mass is 35.5. The van der Waals surface area contributed by atoms with Crippen LogP contribution in [0.15, 0.2) is 46.3 Å². The van der Waals surface area contributed by atoms with E-state index in [9.17, 15) is 9.59 Å². The monoisotopic (exact) mass is 373 g/mol. The summed E-state index contributed by atoms with van der Waals surface area (Å²) < 4.78 is 0. The largest absolute Gasteiger partial charge is 0.324 e. The molecule has 0 spiro atoms. The number of aromatic nitrogens is 2. The fourth-order valence-corrected chi connectivity index (χ4v) is 3.55. The Labute approximate surface area is 153 Å². The summed E-state index contributed by atoms with van der Waals surface area (Å²) in [6.45, 7) is 3.84. The number of nitrogens with one attached hydrogen (secondary N) is 2. The summed E-state index contributed by atoms with van der Waals surface area (Å²) in [7, 11) is 0. The van der Waals surface area contributed by atoms with Gasteiger partial charge in [0.05, 0.1) is 27.4 Å². The standard InChI is InChI=1S/C18H16ClN3O2S/c1-10-7-11(2)16(13(19)8-10)21-15(23)9-25-18-20-14-6-4-3-5-12(14)17(24)22-18/h3-8H,9H2,1-2H3,(H,21,23)(H,20,22,24). The van der Waals surface area contributed by atoms with E-state index in [0.717, 1.165) is 11.1 Å². The third-order valence-electron chi connectivity index (χ3n) is 3.63. The number of rotatable bonds is 4. The lowest BCUT2D eigenvalue weighted by Crippen LogP contribution is -2.16. The molecule has 128 valence electrons. The summed E-state index contributed by atoms with van der Waals surface area (Å²) in [5, 5.41) is 4.26. The van der Waals surface area contributed by atoms with Gasteiger partial charge in [-0.2, -0.15) is 0 Å². The van der Waals surface area contributed by atoms with Crippen molar-refractivity contribution in [3.05, 3.63) is 62.9 Å². The number of nitrogens with zero attached hydrogens (tertiary/aromatic N) is 1. The number of thioether (sulfide) groups is 1. The van der Waals surface area contributed by atoms with Crippen molar-refractivity contribution >= 4 is 45.9 Å². The zero-order valence-corrected chi connectivity index (χ0v) is 15.3. The maximum Gasteiger partial charge on any atom is 0.259 e. The first kappa shape index (κ1) is 17.5. The molecule has 25 heavy (non-hydrogen) atoms. The number of amides is 1. The highest BCUT2D eigenvalue weighted by Crippen LogP contribution is 2.27. The van der Waals surface area contributed by atoms with Crippen LogP contribution in [0.25, 0.3) is 10.9 Å². The highest BCUT2D eigenvalue weighted by molar-refractivity contribution is 7.99. The minimum Gasteiger partial charge on any atom is -0.324 e. The van der Waals surface area contributed by atoms with E-state index in [4.69, 9.17) is 11.6 Å². The molecule has 0 unspecified atom stereocenters. The van der Waals surface area contributed by atoms with Crippen LogP contribution < -0.4 is 10.9 Å². The van der Waals surface area contributed by atoms with E-state index in [1.165, 1.54) is 11.8 Å². The number of carbonyl (C=O) groups is 1. The van der Waals surface area contributed by atoms with E-state index in [1.807, 2.05) is 26.0 Å². The molecule has 2 N–H and O–H groups in total. The van der Waals surface area contributed by atoms with Gasteiger partial charge in [0.25, 0.3) is 5.56 Å². The predicted octanol–water partition coefficient (Wildman–Crippen LogP) is 3.92. The van der Waals surface area contributed by atoms with Gasteiger partial charge in [0.15, 0.2) is 5.16 Å². The Balaban J connectivity index is 1.72. The summed E-state index contributed by atoms with van der Waals surface area (Å²) >= 11 is 7.37. The summed E-state index contributed by atoms with van der Waals surface area (Å²) in [4.78, 5) is 31.3. The second-order valence-electron chi connectivity index (χ2n) is 5.66. The zero-order valence-electron chi connectivity index (χ0n) is 13.7. The van der Waals surface area contributed by atoms with Crippen LogP contribution in [0.5, 0.6) is 0 Å². The highest BCUT2D eigenvalue weighted by Gasteiger charge is 2.11. The number of fused-ring (bicyclic) bond motifs is 1. The predicted molar refractivity (Wildman–Crippen MR) is 103 cm³/mol. The second kappa shape index (κ2) is 7.29. The van der Waals surface area contributed by atoms with Gasteiger partial charge in [-0.1, -0.05) is 41.6 Å². The molecule has 7 heteroatoms. The molecule has 1 aromatic heterocycles. The quantitative estimate of drug-likeness (QED) is 0.536. The van der Waals surface area contributed by atoms with Crippen molar-refractivity contribution in [1.82, 2.24) is 9.97 Å². The van der Waals surface area contributed by atoms with Crippen molar-refractivity contribution in [2.75, 3.05) is 11.1 Å². The Morgan fingerprint density at radius 1 is 1.28 bits per heavy atom. The lowest BCUT2D eigenvalue weighted by molar-refractivity contribution is -0.113. The number of anilines is 1. The number of para-hydroxylation sites is 1. The number of hydrogen-bond donors (Lipinski definition) is 2. The lowest BCUT2D eigenvalue weighted by atomic mass is 10.1. The average molecular weight is 374 g/mol. The minimum atomic E-state index is -0.217. The van der Waals surface area contributed by atoms with Crippen molar-refractivity contribution < 1.29 is 4.79 Å². The maximum absolute atomic E-state index is 12.2. The molecule has 1 amide bonds. The van der Waals surface area contributed by atoms with Crippen LogP contribution in [0, 0.1) is 13.8 Å². The normalized spacial score (nSPS) is 10.8. The van der Waals surface area contributed by atoms with Gasteiger partial charge in [-0.15, -0.1) is 0 Å². The SMILES string of the molecule is Cc1cc(C)c(NC(=O)CSc2nc3ccccc3c(=O)[nH]2)c(Cl)c1. The van der Waals surface area contributed by atoms with Crippen molar-refractivity contribution in [3.8, 4) is 0 Å². The van der Waals surface area contributed by atoms with E-state index in [-0.39, 0.29) is 17.2 Å². The molecule has 0 aliphatic heterocycles. The summed E-state index contributed by atoms with van der Waals surface area (Å²) in [5.74, 6) is -0.0973. The number of H-pyrrole nitrogens is 1.